The molecule has 0 radical (unpaired) electrons. The molecule has 0 aliphatic heterocycles. The first-order valence-electron chi connectivity index (χ1n) is 3.15. The number of carbonyl (C=O) groups excluding carboxylic acids is 2. The van der Waals surface area contributed by atoms with E-state index < -0.39 is 0 Å². The fourth-order valence-electron chi connectivity index (χ4n) is 0.570. The maximum atomic E-state index is 10.4. The number of nitrogens with two attached hydrogens (primary N) is 1. The van der Waals surface area contributed by atoms with Crippen molar-refractivity contribution in [3.63, 3.8) is 0 Å². The van der Waals surface area contributed by atoms with Gasteiger partial charge in [0.2, 0.25) is 5.91 Å². The minimum atomic E-state index is -0.221. The average molecular weight is 144 g/mol. The monoisotopic (exact) mass is 144 g/mol. The second-order valence-corrected chi connectivity index (χ2v) is 2.12. The van der Waals surface area contributed by atoms with Crippen molar-refractivity contribution < 1.29 is 9.59 Å². The van der Waals surface area contributed by atoms with Crippen LogP contribution in [-0.4, -0.2) is 11.7 Å². The maximum absolute atomic E-state index is 10.4. The van der Waals surface area contributed by atoms with Gasteiger partial charge in [0, 0.05) is 12.8 Å². The van der Waals surface area contributed by atoms with Gasteiger partial charge in [-0.15, -0.1) is 0 Å². The Morgan fingerprint density at radius 2 is 2.00 bits per heavy atom. The Morgan fingerprint density at radius 1 is 1.40 bits per heavy atom. The highest BCUT2D eigenvalue weighted by molar-refractivity contribution is 5.78. The van der Waals surface area contributed by atoms with Crippen LogP contribution in [0.15, 0.2) is 0 Å². The third-order valence-corrected chi connectivity index (χ3v) is 1.09. The maximum Gasteiger partial charge on any atom is 0.233 e. The summed E-state index contributed by atoms with van der Waals surface area (Å²) >= 11 is 0. The fourth-order valence-corrected chi connectivity index (χ4v) is 0.570. The molecule has 0 aromatic carbocycles. The van der Waals surface area contributed by atoms with Gasteiger partial charge in [0.1, 0.15) is 5.78 Å². The van der Waals surface area contributed by atoms with Gasteiger partial charge in [-0.1, -0.05) is 0 Å². The second kappa shape index (κ2) is 4.93. The Hall–Kier alpha value is -0.900. The molecule has 0 fully saturated rings. The third-order valence-electron chi connectivity index (χ3n) is 1.09. The Kier molecular flexibility index (Phi) is 4.49. The molecule has 0 aromatic heterocycles. The van der Waals surface area contributed by atoms with Gasteiger partial charge >= 0.3 is 0 Å². The zero-order chi connectivity index (χ0) is 7.98. The summed E-state index contributed by atoms with van der Waals surface area (Å²) in [6.07, 6.45) is 1.36. The normalized spacial score (nSPS) is 9.00. The van der Waals surface area contributed by atoms with Crippen molar-refractivity contribution >= 4 is 11.7 Å². The highest BCUT2D eigenvalue weighted by Crippen LogP contribution is 1.94. The Morgan fingerprint density at radius 3 is 2.40 bits per heavy atom. The summed E-state index contributed by atoms with van der Waals surface area (Å²) < 4.78 is 0. The number of ketones is 1. The fraction of sp³-hybridized carbons (Fsp3) is 0.667. The molecule has 4 nitrogen and oxygen atoms in total. The molecule has 0 rings (SSSR count). The van der Waals surface area contributed by atoms with Gasteiger partial charge in [-0.3, -0.25) is 10.2 Å². The summed E-state index contributed by atoms with van der Waals surface area (Å²) in [6, 6.07) is 0. The Labute approximate surface area is 59.7 Å². The van der Waals surface area contributed by atoms with Crippen molar-refractivity contribution in [1.82, 2.24) is 5.43 Å². The van der Waals surface area contributed by atoms with E-state index in [1.807, 2.05) is 5.43 Å². The summed E-state index contributed by atoms with van der Waals surface area (Å²) in [5.74, 6) is 4.69. The lowest BCUT2D eigenvalue weighted by Crippen LogP contribution is -2.29. The molecule has 0 heterocycles. The van der Waals surface area contributed by atoms with Crippen LogP contribution in [0.25, 0.3) is 0 Å². The molecular weight excluding hydrogens is 132 g/mol. The molecular formula is C6H12N2O2. The number of hydrazine groups is 1. The first-order valence-corrected chi connectivity index (χ1v) is 3.15. The zero-order valence-electron chi connectivity index (χ0n) is 6.02. The quantitative estimate of drug-likeness (QED) is 0.324. The summed E-state index contributed by atoms with van der Waals surface area (Å²) in [6.45, 7) is 1.50. The average Bonchev–Trinajstić information content (AvgIpc) is 1.87. The lowest BCUT2D eigenvalue weighted by Gasteiger charge is -1.95. The van der Waals surface area contributed by atoms with Gasteiger partial charge in [0.05, 0.1) is 0 Å². The molecule has 0 bridgehead atoms. The van der Waals surface area contributed by atoms with Gasteiger partial charge in [-0.05, 0) is 13.3 Å². The van der Waals surface area contributed by atoms with Crippen LogP contribution in [0, 0.1) is 0 Å². The number of rotatable bonds is 4. The van der Waals surface area contributed by atoms with Crippen LogP contribution < -0.4 is 11.3 Å². The molecule has 58 valence electrons. The number of hydrogen-bond donors (Lipinski definition) is 2. The molecule has 0 saturated carbocycles. The van der Waals surface area contributed by atoms with Crippen LogP contribution in [-0.2, 0) is 9.59 Å². The molecule has 0 saturated heterocycles. The van der Waals surface area contributed by atoms with E-state index in [4.69, 9.17) is 5.84 Å². The van der Waals surface area contributed by atoms with Crippen molar-refractivity contribution in [2.24, 2.45) is 5.84 Å². The van der Waals surface area contributed by atoms with E-state index in [9.17, 15) is 9.59 Å². The number of carbonyl (C=O) groups is 2. The molecule has 0 atom stereocenters. The largest absolute Gasteiger partial charge is 0.300 e. The van der Waals surface area contributed by atoms with Crippen LogP contribution >= 0.6 is 0 Å². The number of hydrogen-bond acceptors (Lipinski definition) is 3. The lowest BCUT2D eigenvalue weighted by molar-refractivity contribution is -0.121. The summed E-state index contributed by atoms with van der Waals surface area (Å²) in [4.78, 5) is 20.8. The number of Topliss-reactive ketones (excluding diaryl/α,β-unsaturated/α-hetero) is 1. The predicted octanol–water partition coefficient (Wildman–Crippen LogP) is -0.264. The molecule has 0 aromatic rings. The summed E-state index contributed by atoms with van der Waals surface area (Å²) in [5, 5.41) is 0. The van der Waals surface area contributed by atoms with Crippen LogP contribution in [0.3, 0.4) is 0 Å². The van der Waals surface area contributed by atoms with Crippen molar-refractivity contribution in [2.75, 3.05) is 0 Å². The van der Waals surface area contributed by atoms with Crippen molar-refractivity contribution in [3.8, 4) is 0 Å². The van der Waals surface area contributed by atoms with Crippen molar-refractivity contribution in [1.29, 1.82) is 0 Å². The lowest BCUT2D eigenvalue weighted by atomic mass is 10.2. The highest BCUT2D eigenvalue weighted by atomic mass is 16.2. The second-order valence-electron chi connectivity index (χ2n) is 2.12. The van der Waals surface area contributed by atoms with E-state index in [1.165, 1.54) is 6.92 Å². The van der Waals surface area contributed by atoms with Gasteiger partial charge < -0.3 is 4.79 Å². The van der Waals surface area contributed by atoms with E-state index >= 15 is 0 Å². The highest BCUT2D eigenvalue weighted by Gasteiger charge is 1.98. The van der Waals surface area contributed by atoms with Crippen molar-refractivity contribution in [3.05, 3.63) is 0 Å². The minimum Gasteiger partial charge on any atom is -0.300 e. The molecule has 0 aliphatic carbocycles. The standard InChI is InChI=1S/C6H12N2O2/c1-5(9)3-2-4-6(10)8-7/h2-4,7H2,1H3,(H,8,10). The van der Waals surface area contributed by atoms with E-state index in [-0.39, 0.29) is 11.7 Å². The molecule has 1 amide bonds. The first kappa shape index (κ1) is 9.10. The number of nitrogens with one attached hydrogen (secondary N) is 1. The van der Waals surface area contributed by atoms with E-state index in [1.54, 1.807) is 0 Å². The van der Waals surface area contributed by atoms with Crippen LogP contribution in [0.5, 0.6) is 0 Å². The van der Waals surface area contributed by atoms with E-state index in [2.05, 4.69) is 0 Å². The van der Waals surface area contributed by atoms with Crippen LogP contribution in [0.1, 0.15) is 26.2 Å². The summed E-state index contributed by atoms with van der Waals surface area (Å²) in [7, 11) is 0. The third kappa shape index (κ3) is 5.24. The first-order chi connectivity index (χ1) is 4.66. The Balaban J connectivity index is 3.20. The predicted molar refractivity (Wildman–Crippen MR) is 36.9 cm³/mol. The van der Waals surface area contributed by atoms with Gasteiger partial charge in [-0.25, -0.2) is 5.84 Å². The minimum absolute atomic E-state index is 0.102. The topological polar surface area (TPSA) is 72.2 Å². The van der Waals surface area contributed by atoms with Gasteiger partial charge in [0.25, 0.3) is 0 Å². The van der Waals surface area contributed by atoms with E-state index in [0.29, 0.717) is 19.3 Å². The molecule has 0 unspecified atom stereocenters. The Bertz CT molecular complexity index is 134. The molecule has 3 N–H and O–H groups in total. The molecule has 0 spiro atoms. The SMILES string of the molecule is CC(=O)CCCC(=O)NN. The molecule has 0 aliphatic rings. The number of amides is 1. The molecule has 4 heteroatoms. The van der Waals surface area contributed by atoms with Crippen molar-refractivity contribution in [2.45, 2.75) is 26.2 Å². The van der Waals surface area contributed by atoms with Gasteiger partial charge in [0.15, 0.2) is 0 Å². The van der Waals surface area contributed by atoms with Crippen LogP contribution in [0.2, 0.25) is 0 Å². The van der Waals surface area contributed by atoms with E-state index in [0.717, 1.165) is 0 Å². The molecule has 10 heavy (non-hydrogen) atoms. The van der Waals surface area contributed by atoms with Gasteiger partial charge in [-0.2, -0.15) is 0 Å². The zero-order valence-corrected chi connectivity index (χ0v) is 6.02. The smallest absolute Gasteiger partial charge is 0.233 e. The summed E-state index contributed by atoms with van der Waals surface area (Å²) in [5.41, 5.74) is 1.99. The van der Waals surface area contributed by atoms with Crippen LogP contribution in [0.4, 0.5) is 0 Å².